The van der Waals surface area contributed by atoms with Crippen LogP contribution in [-0.4, -0.2) is 22.2 Å². The lowest BCUT2D eigenvalue weighted by atomic mass is 10.1. The molecule has 0 unspecified atom stereocenters. The predicted octanol–water partition coefficient (Wildman–Crippen LogP) is 4.43. The Morgan fingerprint density at radius 1 is 1.19 bits per heavy atom. The van der Waals surface area contributed by atoms with Crippen LogP contribution in [0.3, 0.4) is 0 Å². The quantitative estimate of drug-likeness (QED) is 0.562. The molecule has 3 rings (SSSR count). The van der Waals surface area contributed by atoms with Crippen LogP contribution in [0.15, 0.2) is 47.1 Å². The van der Waals surface area contributed by atoms with Crippen LogP contribution >= 0.6 is 11.6 Å². The second kappa shape index (κ2) is 8.46. The number of hydrogen-bond acceptors (Lipinski definition) is 3. The van der Waals surface area contributed by atoms with Crippen LogP contribution in [0.2, 0.25) is 5.02 Å². The first-order chi connectivity index (χ1) is 13.0. The number of aromatic carboxylic acids is 1. The Kier molecular flexibility index (Phi) is 6.04. The first-order valence-corrected chi connectivity index (χ1v) is 9.24. The van der Waals surface area contributed by atoms with E-state index >= 15 is 0 Å². The van der Waals surface area contributed by atoms with E-state index in [4.69, 9.17) is 16.0 Å². The molecule has 142 valence electrons. The van der Waals surface area contributed by atoms with Gasteiger partial charge in [-0.15, -0.1) is 0 Å². The molecule has 0 aliphatic rings. The van der Waals surface area contributed by atoms with Gasteiger partial charge in [0.25, 0.3) is 0 Å². The van der Waals surface area contributed by atoms with Crippen LogP contribution in [0.4, 0.5) is 0 Å². The fourth-order valence-corrected chi connectivity index (χ4v) is 3.46. The number of rotatable bonds is 8. The lowest BCUT2D eigenvalue weighted by Crippen LogP contribution is -2.18. The van der Waals surface area contributed by atoms with Gasteiger partial charge in [0.2, 0.25) is 0 Å². The van der Waals surface area contributed by atoms with Crippen molar-refractivity contribution in [1.29, 1.82) is 0 Å². The highest BCUT2D eigenvalue weighted by Crippen LogP contribution is 2.24. The number of halogens is 1. The third-order valence-corrected chi connectivity index (χ3v) is 5.06. The normalized spacial score (nSPS) is 11.1. The Morgan fingerprint density at radius 2 is 1.93 bits per heavy atom. The molecule has 0 saturated carbocycles. The van der Waals surface area contributed by atoms with Crippen molar-refractivity contribution in [2.75, 3.05) is 6.54 Å². The summed E-state index contributed by atoms with van der Waals surface area (Å²) in [5.74, 6) is 0.0162. The van der Waals surface area contributed by atoms with Gasteiger partial charge >= 0.3 is 5.97 Å². The van der Waals surface area contributed by atoms with Crippen molar-refractivity contribution in [1.82, 2.24) is 9.88 Å². The van der Waals surface area contributed by atoms with Crippen molar-refractivity contribution in [3.05, 3.63) is 81.5 Å². The van der Waals surface area contributed by atoms with Gasteiger partial charge in [0.1, 0.15) is 5.76 Å². The highest BCUT2D eigenvalue weighted by molar-refractivity contribution is 6.30. The standard InChI is InChI=1S/C21H23ClN2O3/c1-14-19(12-23-10-9-18-4-3-11-27-18)20(21(25)26)15(2)24(14)13-16-5-7-17(22)8-6-16/h3-8,11,23H,9-10,12-13H2,1-2H3,(H,25,26). The molecule has 0 saturated heterocycles. The van der Waals surface area contributed by atoms with Crippen LogP contribution in [0.25, 0.3) is 0 Å². The van der Waals surface area contributed by atoms with Crippen molar-refractivity contribution in [2.45, 2.75) is 33.4 Å². The maximum Gasteiger partial charge on any atom is 0.337 e. The molecular formula is C21H23ClN2O3. The van der Waals surface area contributed by atoms with Crippen LogP contribution < -0.4 is 5.32 Å². The van der Waals surface area contributed by atoms with Gasteiger partial charge in [0, 0.05) is 48.0 Å². The van der Waals surface area contributed by atoms with Gasteiger partial charge in [-0.25, -0.2) is 4.79 Å². The summed E-state index contributed by atoms with van der Waals surface area (Å²) in [5, 5.41) is 13.7. The molecule has 2 N–H and O–H groups in total. The van der Waals surface area contributed by atoms with Crippen molar-refractivity contribution in [3.8, 4) is 0 Å². The van der Waals surface area contributed by atoms with Crippen molar-refractivity contribution >= 4 is 17.6 Å². The van der Waals surface area contributed by atoms with Crippen molar-refractivity contribution in [2.24, 2.45) is 0 Å². The summed E-state index contributed by atoms with van der Waals surface area (Å²) in [5.41, 5.74) is 4.01. The van der Waals surface area contributed by atoms with E-state index in [-0.39, 0.29) is 0 Å². The van der Waals surface area contributed by atoms with E-state index < -0.39 is 5.97 Å². The fraction of sp³-hybridized carbons (Fsp3) is 0.286. The van der Waals surface area contributed by atoms with Crippen molar-refractivity contribution < 1.29 is 14.3 Å². The minimum atomic E-state index is -0.895. The molecule has 0 aliphatic heterocycles. The third kappa shape index (κ3) is 4.43. The number of benzene rings is 1. The fourth-order valence-electron chi connectivity index (χ4n) is 3.34. The van der Waals surface area contributed by atoms with Gasteiger partial charge in [-0.1, -0.05) is 23.7 Å². The number of furan rings is 1. The molecule has 0 atom stereocenters. The molecule has 3 aromatic rings. The minimum Gasteiger partial charge on any atom is -0.478 e. The van der Waals surface area contributed by atoms with Crippen molar-refractivity contribution in [3.63, 3.8) is 0 Å². The number of aromatic nitrogens is 1. The van der Waals surface area contributed by atoms with E-state index in [0.29, 0.717) is 30.2 Å². The summed E-state index contributed by atoms with van der Waals surface area (Å²) < 4.78 is 7.37. The molecule has 0 fully saturated rings. The van der Waals surface area contributed by atoms with Gasteiger partial charge in [0.15, 0.2) is 0 Å². The molecule has 2 aromatic heterocycles. The largest absolute Gasteiger partial charge is 0.478 e. The summed E-state index contributed by atoms with van der Waals surface area (Å²) >= 11 is 5.96. The number of carboxylic acids is 1. The van der Waals surface area contributed by atoms with Crippen LogP contribution in [0.1, 0.15) is 38.6 Å². The molecule has 0 bridgehead atoms. The number of nitrogens with one attached hydrogen (secondary N) is 1. The Morgan fingerprint density at radius 3 is 2.56 bits per heavy atom. The van der Waals surface area contributed by atoms with Gasteiger partial charge in [-0.3, -0.25) is 0 Å². The summed E-state index contributed by atoms with van der Waals surface area (Å²) in [6.07, 6.45) is 2.42. The molecule has 0 radical (unpaired) electrons. The van der Waals surface area contributed by atoms with Gasteiger partial charge in [-0.2, -0.15) is 0 Å². The number of carbonyl (C=O) groups is 1. The summed E-state index contributed by atoms with van der Waals surface area (Å²) in [4.78, 5) is 11.9. The second-order valence-electron chi connectivity index (χ2n) is 6.55. The molecular weight excluding hydrogens is 364 g/mol. The lowest BCUT2D eigenvalue weighted by molar-refractivity contribution is 0.0694. The number of nitrogens with zero attached hydrogens (tertiary/aromatic N) is 1. The highest BCUT2D eigenvalue weighted by atomic mass is 35.5. The van der Waals surface area contributed by atoms with Gasteiger partial charge in [0.05, 0.1) is 11.8 Å². The van der Waals surface area contributed by atoms with Gasteiger partial charge in [-0.05, 0) is 43.7 Å². The monoisotopic (exact) mass is 386 g/mol. The van der Waals surface area contributed by atoms with Crippen LogP contribution in [-0.2, 0) is 19.5 Å². The topological polar surface area (TPSA) is 67.4 Å². The Balaban J connectivity index is 1.77. The predicted molar refractivity (Wildman–Crippen MR) is 106 cm³/mol. The highest BCUT2D eigenvalue weighted by Gasteiger charge is 2.22. The third-order valence-electron chi connectivity index (χ3n) is 4.81. The number of carboxylic acid groups (broad SMARTS) is 1. The zero-order chi connectivity index (χ0) is 19.4. The van der Waals surface area contributed by atoms with E-state index in [9.17, 15) is 9.90 Å². The summed E-state index contributed by atoms with van der Waals surface area (Å²) in [6.45, 7) is 5.66. The second-order valence-corrected chi connectivity index (χ2v) is 6.98. The Bertz CT molecular complexity index is 912. The Hall–Kier alpha value is -2.50. The average molecular weight is 387 g/mol. The number of hydrogen-bond donors (Lipinski definition) is 2. The lowest BCUT2D eigenvalue weighted by Gasteiger charge is -2.10. The Labute approximate surface area is 163 Å². The van der Waals surface area contributed by atoms with Crippen LogP contribution in [0, 0.1) is 13.8 Å². The molecule has 0 spiro atoms. The zero-order valence-corrected chi connectivity index (χ0v) is 16.2. The smallest absolute Gasteiger partial charge is 0.337 e. The van der Waals surface area contributed by atoms with E-state index in [0.717, 1.165) is 34.7 Å². The molecule has 27 heavy (non-hydrogen) atoms. The van der Waals surface area contributed by atoms with E-state index in [1.165, 1.54) is 0 Å². The van der Waals surface area contributed by atoms with E-state index in [1.54, 1.807) is 6.26 Å². The van der Waals surface area contributed by atoms with E-state index in [2.05, 4.69) is 9.88 Å². The molecule has 1 aromatic carbocycles. The molecule has 6 heteroatoms. The zero-order valence-electron chi connectivity index (χ0n) is 15.5. The maximum absolute atomic E-state index is 11.9. The minimum absolute atomic E-state index is 0.381. The van der Waals surface area contributed by atoms with Gasteiger partial charge < -0.3 is 19.4 Å². The molecule has 0 aliphatic carbocycles. The molecule has 0 amide bonds. The van der Waals surface area contributed by atoms with Crippen LogP contribution in [0.5, 0.6) is 0 Å². The molecule has 2 heterocycles. The first kappa shape index (κ1) is 19.3. The first-order valence-electron chi connectivity index (χ1n) is 8.86. The van der Waals surface area contributed by atoms with E-state index in [1.807, 2.05) is 50.2 Å². The summed E-state index contributed by atoms with van der Waals surface area (Å²) in [7, 11) is 0. The summed E-state index contributed by atoms with van der Waals surface area (Å²) in [6, 6.07) is 11.4. The average Bonchev–Trinajstić information content (AvgIpc) is 3.23. The SMILES string of the molecule is Cc1c(CNCCc2ccco2)c(C(=O)O)c(C)n1Cc1ccc(Cl)cc1. The molecule has 5 nitrogen and oxygen atoms in total. The maximum atomic E-state index is 11.9.